The Kier molecular flexibility index (Phi) is 6.91. The predicted molar refractivity (Wildman–Crippen MR) is 132 cm³/mol. The van der Waals surface area contributed by atoms with Crippen molar-refractivity contribution < 1.29 is 23.7 Å². The van der Waals surface area contributed by atoms with Gasteiger partial charge in [0.05, 0.1) is 27.8 Å². The van der Waals surface area contributed by atoms with Gasteiger partial charge < -0.3 is 24.0 Å². The summed E-state index contributed by atoms with van der Waals surface area (Å²) in [5.41, 5.74) is 3.73. The number of aryl methyl sites for hydroxylation is 1. The molecule has 8 nitrogen and oxygen atoms in total. The van der Waals surface area contributed by atoms with Crippen molar-refractivity contribution in [3.8, 4) is 17.2 Å². The smallest absolute Gasteiger partial charge is 0.306 e. The largest absolute Gasteiger partial charge is 0.493 e. The fourth-order valence-corrected chi connectivity index (χ4v) is 4.64. The molecule has 0 saturated heterocycles. The number of hydrogen-bond donors (Lipinski definition) is 2. The summed E-state index contributed by atoms with van der Waals surface area (Å²) >= 11 is 0. The number of hydrogen-bond acceptors (Lipinski definition) is 6. The molecule has 8 heteroatoms. The van der Waals surface area contributed by atoms with Gasteiger partial charge in [0.1, 0.15) is 11.4 Å². The summed E-state index contributed by atoms with van der Waals surface area (Å²) in [4.78, 5) is 25.3. The third kappa shape index (κ3) is 5.21. The molecule has 0 fully saturated rings. The lowest BCUT2D eigenvalue weighted by molar-refractivity contribution is -0.140. The first kappa shape index (κ1) is 24.4. The molecule has 2 aromatic carbocycles. The van der Waals surface area contributed by atoms with Gasteiger partial charge in [-0.05, 0) is 61.6 Å². The average molecular weight is 481 g/mol. The van der Waals surface area contributed by atoms with E-state index in [1.165, 1.54) is 7.11 Å². The topological polar surface area (TPSA) is 103 Å². The summed E-state index contributed by atoms with van der Waals surface area (Å²) in [5.74, 6) is 1.04. The minimum Gasteiger partial charge on any atom is -0.493 e. The van der Waals surface area contributed by atoms with E-state index in [1.807, 2.05) is 18.2 Å². The minimum absolute atomic E-state index is 0.00697. The molecule has 0 spiro atoms. The Balaban J connectivity index is 1.71. The van der Waals surface area contributed by atoms with Crippen LogP contribution in [0.4, 0.5) is 0 Å². The number of benzene rings is 2. The standard InChI is InChI=1S/C27H32N2O6/c1-27(2)11-10-18-12-16(6-8-21(18)35-27)13-20-25(26(31)29-28-20)19(15-24(30)34-5)17-7-9-22(32-3)23(14-17)33-4/h6-9,12,14,19H,10-11,13,15H2,1-5H3,(H2,28,29,31)/t19-/m1/s1. The maximum Gasteiger partial charge on any atom is 0.306 e. The van der Waals surface area contributed by atoms with Gasteiger partial charge >= 0.3 is 5.97 Å². The van der Waals surface area contributed by atoms with Crippen molar-refractivity contribution >= 4 is 5.97 Å². The lowest BCUT2D eigenvalue weighted by Crippen LogP contribution is -2.32. The molecule has 0 unspecified atom stereocenters. The Bertz CT molecular complexity index is 1270. The van der Waals surface area contributed by atoms with Crippen LogP contribution in [0.5, 0.6) is 17.2 Å². The van der Waals surface area contributed by atoms with Crippen molar-refractivity contribution in [1.29, 1.82) is 0 Å². The Hall–Kier alpha value is -3.68. The number of fused-ring (bicyclic) bond motifs is 1. The van der Waals surface area contributed by atoms with Gasteiger partial charge in [-0.1, -0.05) is 18.2 Å². The van der Waals surface area contributed by atoms with E-state index >= 15 is 0 Å². The van der Waals surface area contributed by atoms with Crippen LogP contribution in [0.15, 0.2) is 41.2 Å². The van der Waals surface area contributed by atoms with Crippen molar-refractivity contribution in [3.63, 3.8) is 0 Å². The van der Waals surface area contributed by atoms with Crippen LogP contribution >= 0.6 is 0 Å². The Labute approximate surface area is 204 Å². The van der Waals surface area contributed by atoms with Crippen LogP contribution in [-0.2, 0) is 22.4 Å². The lowest BCUT2D eigenvalue weighted by Gasteiger charge is -2.32. The molecule has 0 radical (unpaired) electrons. The van der Waals surface area contributed by atoms with Crippen LogP contribution in [0, 0.1) is 0 Å². The summed E-state index contributed by atoms with van der Waals surface area (Å²) in [5, 5.41) is 5.74. The van der Waals surface area contributed by atoms with E-state index in [0.29, 0.717) is 23.5 Å². The highest BCUT2D eigenvalue weighted by Gasteiger charge is 2.29. The van der Waals surface area contributed by atoms with E-state index in [9.17, 15) is 9.59 Å². The molecule has 0 aliphatic carbocycles. The van der Waals surface area contributed by atoms with Crippen molar-refractivity contribution in [3.05, 3.63) is 74.7 Å². The first-order chi connectivity index (χ1) is 16.7. The molecule has 1 aliphatic heterocycles. The van der Waals surface area contributed by atoms with E-state index < -0.39 is 11.9 Å². The molecule has 0 amide bonds. The van der Waals surface area contributed by atoms with Crippen LogP contribution in [0.3, 0.4) is 0 Å². The molecule has 2 heterocycles. The van der Waals surface area contributed by atoms with E-state index in [1.54, 1.807) is 26.4 Å². The molecule has 0 bridgehead atoms. The number of carbonyl (C=O) groups is 1. The van der Waals surface area contributed by atoms with Crippen molar-refractivity contribution in [2.24, 2.45) is 0 Å². The van der Waals surface area contributed by atoms with Crippen molar-refractivity contribution in [2.75, 3.05) is 21.3 Å². The summed E-state index contributed by atoms with van der Waals surface area (Å²) in [6.45, 7) is 4.19. The van der Waals surface area contributed by atoms with Gasteiger partial charge in [0, 0.05) is 23.6 Å². The maximum absolute atomic E-state index is 13.0. The predicted octanol–water partition coefficient (Wildman–Crippen LogP) is 4.11. The van der Waals surface area contributed by atoms with Crippen LogP contribution in [-0.4, -0.2) is 43.1 Å². The summed E-state index contributed by atoms with van der Waals surface area (Å²) < 4.78 is 21.9. The Morgan fingerprint density at radius 3 is 2.54 bits per heavy atom. The van der Waals surface area contributed by atoms with Gasteiger partial charge in [-0.15, -0.1) is 0 Å². The lowest BCUT2D eigenvalue weighted by atomic mass is 9.86. The number of rotatable bonds is 8. The third-order valence-electron chi connectivity index (χ3n) is 6.54. The van der Waals surface area contributed by atoms with E-state index in [2.05, 4.69) is 30.1 Å². The van der Waals surface area contributed by atoms with Crippen LogP contribution in [0.1, 0.15) is 60.6 Å². The molecule has 3 aromatic rings. The van der Waals surface area contributed by atoms with Gasteiger partial charge in [-0.25, -0.2) is 0 Å². The summed E-state index contributed by atoms with van der Waals surface area (Å²) in [7, 11) is 4.45. The first-order valence-electron chi connectivity index (χ1n) is 11.6. The van der Waals surface area contributed by atoms with Crippen LogP contribution in [0.25, 0.3) is 0 Å². The number of aromatic nitrogens is 2. The number of methoxy groups -OCH3 is 3. The molecule has 186 valence electrons. The minimum atomic E-state index is -0.533. The van der Waals surface area contributed by atoms with Gasteiger partial charge in [0.25, 0.3) is 5.56 Å². The number of ether oxygens (including phenoxy) is 4. The fraction of sp³-hybridized carbons (Fsp3) is 0.407. The number of H-pyrrole nitrogens is 2. The Morgan fingerprint density at radius 1 is 1.06 bits per heavy atom. The van der Waals surface area contributed by atoms with Crippen molar-refractivity contribution in [1.82, 2.24) is 10.2 Å². The van der Waals surface area contributed by atoms with Crippen molar-refractivity contribution in [2.45, 2.75) is 51.0 Å². The highest BCUT2D eigenvalue weighted by Crippen LogP contribution is 2.37. The molecular weight excluding hydrogens is 448 g/mol. The second-order valence-corrected chi connectivity index (χ2v) is 9.40. The van der Waals surface area contributed by atoms with Gasteiger partial charge in [0.15, 0.2) is 11.5 Å². The maximum atomic E-state index is 13.0. The zero-order chi connectivity index (χ0) is 25.2. The van der Waals surface area contributed by atoms with Gasteiger partial charge in [0.2, 0.25) is 0 Å². The van der Waals surface area contributed by atoms with Gasteiger partial charge in [-0.2, -0.15) is 0 Å². The second-order valence-electron chi connectivity index (χ2n) is 9.40. The third-order valence-corrected chi connectivity index (χ3v) is 6.54. The number of carbonyl (C=O) groups excluding carboxylic acids is 1. The number of esters is 1. The first-order valence-corrected chi connectivity index (χ1v) is 11.6. The summed E-state index contributed by atoms with van der Waals surface area (Å²) in [6, 6.07) is 11.5. The molecule has 1 aliphatic rings. The summed E-state index contributed by atoms with van der Waals surface area (Å²) in [6.07, 6.45) is 2.38. The monoisotopic (exact) mass is 480 g/mol. The second kappa shape index (κ2) is 9.90. The average Bonchev–Trinajstić information content (AvgIpc) is 3.20. The SMILES string of the molecule is COC(=O)C[C@H](c1ccc(OC)c(OC)c1)c1c(Cc2ccc3c(c2)CCC(C)(C)O3)[nH][nH]c1=O. The molecule has 4 rings (SSSR count). The molecule has 2 N–H and O–H groups in total. The van der Waals surface area contributed by atoms with E-state index in [0.717, 1.165) is 41.0 Å². The number of aromatic amines is 2. The zero-order valence-corrected chi connectivity index (χ0v) is 20.8. The van der Waals surface area contributed by atoms with Crippen LogP contribution in [0.2, 0.25) is 0 Å². The molecule has 0 saturated carbocycles. The van der Waals surface area contributed by atoms with E-state index in [-0.39, 0.29) is 17.6 Å². The van der Waals surface area contributed by atoms with Crippen LogP contribution < -0.4 is 19.8 Å². The molecule has 1 atom stereocenters. The van der Waals surface area contributed by atoms with Gasteiger partial charge in [-0.3, -0.25) is 14.7 Å². The zero-order valence-electron chi connectivity index (χ0n) is 20.8. The quantitative estimate of drug-likeness (QED) is 0.471. The highest BCUT2D eigenvalue weighted by atomic mass is 16.5. The fourth-order valence-electron chi connectivity index (χ4n) is 4.64. The molecule has 1 aromatic heterocycles. The molecular formula is C27H32N2O6. The van der Waals surface area contributed by atoms with E-state index in [4.69, 9.17) is 18.9 Å². The Morgan fingerprint density at radius 2 is 1.83 bits per heavy atom. The normalized spacial score (nSPS) is 15.0. The molecule has 35 heavy (non-hydrogen) atoms. The number of nitrogens with one attached hydrogen (secondary N) is 2. The highest BCUT2D eigenvalue weighted by molar-refractivity contribution is 5.71.